The lowest BCUT2D eigenvalue weighted by Crippen LogP contribution is -2.19. The van der Waals surface area contributed by atoms with Crippen LogP contribution in [0, 0.1) is 11.6 Å². The molecule has 88 valence electrons. The van der Waals surface area contributed by atoms with Crippen LogP contribution >= 0.6 is 0 Å². The van der Waals surface area contributed by atoms with E-state index in [9.17, 15) is 13.6 Å². The van der Waals surface area contributed by atoms with E-state index in [0.717, 1.165) is 12.1 Å². The zero-order chi connectivity index (χ0) is 12.3. The number of Topliss-reactive ketones (excluding diaryl/α,β-unsaturated/α-hetero) is 1. The van der Waals surface area contributed by atoms with E-state index >= 15 is 0 Å². The van der Waals surface area contributed by atoms with Crippen molar-refractivity contribution in [2.24, 2.45) is 5.73 Å². The van der Waals surface area contributed by atoms with Crippen LogP contribution in [-0.4, -0.2) is 26.4 Å². The predicted molar refractivity (Wildman–Crippen MR) is 58.7 cm³/mol. The van der Waals surface area contributed by atoms with Crippen LogP contribution in [0.25, 0.3) is 0 Å². The fraction of sp³-hybridized carbons (Fsp3) is 0.364. The lowest BCUT2D eigenvalue weighted by molar-refractivity contribution is 0.0981. The van der Waals surface area contributed by atoms with E-state index in [2.05, 4.69) is 0 Å². The SMILES string of the molecule is CN(C)c1c(F)ccc(F)c1C(=O)CCN. The van der Waals surface area contributed by atoms with E-state index in [1.165, 1.54) is 4.90 Å². The van der Waals surface area contributed by atoms with Gasteiger partial charge in [-0.1, -0.05) is 0 Å². The van der Waals surface area contributed by atoms with Gasteiger partial charge in [-0.25, -0.2) is 8.78 Å². The Morgan fingerprint density at radius 1 is 1.31 bits per heavy atom. The maximum Gasteiger partial charge on any atom is 0.169 e. The third-order valence-electron chi connectivity index (χ3n) is 2.18. The summed E-state index contributed by atoms with van der Waals surface area (Å²) in [6.45, 7) is 0.113. The van der Waals surface area contributed by atoms with E-state index in [4.69, 9.17) is 5.73 Å². The highest BCUT2D eigenvalue weighted by molar-refractivity contribution is 6.01. The fourth-order valence-electron chi connectivity index (χ4n) is 1.50. The summed E-state index contributed by atoms with van der Waals surface area (Å²) in [4.78, 5) is 13.0. The summed E-state index contributed by atoms with van der Waals surface area (Å²) in [5.41, 5.74) is 4.97. The number of carbonyl (C=O) groups excluding carboxylic acids is 1. The van der Waals surface area contributed by atoms with Crippen molar-refractivity contribution < 1.29 is 13.6 Å². The molecule has 16 heavy (non-hydrogen) atoms. The summed E-state index contributed by atoms with van der Waals surface area (Å²) >= 11 is 0. The number of hydrogen-bond acceptors (Lipinski definition) is 3. The van der Waals surface area contributed by atoms with Crippen LogP contribution in [0.2, 0.25) is 0 Å². The van der Waals surface area contributed by atoms with Crippen molar-refractivity contribution in [2.75, 3.05) is 25.5 Å². The molecule has 0 saturated heterocycles. The van der Waals surface area contributed by atoms with Gasteiger partial charge in [0.1, 0.15) is 11.6 Å². The molecule has 0 radical (unpaired) electrons. The minimum Gasteiger partial charge on any atom is -0.375 e. The van der Waals surface area contributed by atoms with Gasteiger partial charge in [-0.15, -0.1) is 0 Å². The van der Waals surface area contributed by atoms with Gasteiger partial charge in [-0.3, -0.25) is 4.79 Å². The number of hydrogen-bond donors (Lipinski definition) is 1. The van der Waals surface area contributed by atoms with Crippen molar-refractivity contribution in [3.8, 4) is 0 Å². The van der Waals surface area contributed by atoms with Gasteiger partial charge in [0, 0.05) is 20.5 Å². The third-order valence-corrected chi connectivity index (χ3v) is 2.18. The Hall–Kier alpha value is -1.49. The summed E-state index contributed by atoms with van der Waals surface area (Å²) < 4.78 is 27.0. The molecular weight excluding hydrogens is 214 g/mol. The van der Waals surface area contributed by atoms with E-state index in [1.54, 1.807) is 14.1 Å². The Morgan fingerprint density at radius 3 is 2.38 bits per heavy atom. The average Bonchev–Trinajstić information content (AvgIpc) is 2.20. The maximum absolute atomic E-state index is 13.5. The Morgan fingerprint density at radius 2 is 1.88 bits per heavy atom. The molecule has 0 aliphatic carbocycles. The van der Waals surface area contributed by atoms with Gasteiger partial charge in [0.15, 0.2) is 5.78 Å². The molecular formula is C11H14F2N2O. The standard InChI is InChI=1S/C11H14F2N2O/c1-15(2)11-8(13)4-3-7(12)10(11)9(16)5-6-14/h3-4H,5-6,14H2,1-2H3. The molecule has 1 aromatic carbocycles. The van der Waals surface area contributed by atoms with Crippen LogP contribution in [-0.2, 0) is 0 Å². The Balaban J connectivity index is 3.34. The molecule has 0 saturated carbocycles. The number of halogens is 2. The second kappa shape index (κ2) is 5.03. The second-order valence-electron chi connectivity index (χ2n) is 3.61. The molecule has 1 aromatic rings. The molecule has 0 bridgehead atoms. The summed E-state index contributed by atoms with van der Waals surface area (Å²) in [7, 11) is 3.11. The number of ketones is 1. The van der Waals surface area contributed by atoms with Crippen molar-refractivity contribution in [3.63, 3.8) is 0 Å². The monoisotopic (exact) mass is 228 g/mol. The van der Waals surface area contributed by atoms with Crippen molar-refractivity contribution >= 4 is 11.5 Å². The van der Waals surface area contributed by atoms with Crippen LogP contribution in [0.4, 0.5) is 14.5 Å². The predicted octanol–water partition coefficient (Wildman–Crippen LogP) is 1.56. The first-order valence-electron chi connectivity index (χ1n) is 4.87. The van der Waals surface area contributed by atoms with Gasteiger partial charge in [0.2, 0.25) is 0 Å². The van der Waals surface area contributed by atoms with Gasteiger partial charge in [0.05, 0.1) is 11.3 Å². The lowest BCUT2D eigenvalue weighted by atomic mass is 10.0. The van der Waals surface area contributed by atoms with E-state index in [-0.39, 0.29) is 24.2 Å². The quantitative estimate of drug-likeness (QED) is 0.795. The molecule has 0 unspecified atom stereocenters. The first kappa shape index (κ1) is 12.6. The Labute approximate surface area is 92.8 Å². The molecule has 0 fully saturated rings. The van der Waals surface area contributed by atoms with Crippen LogP contribution in [0.3, 0.4) is 0 Å². The lowest BCUT2D eigenvalue weighted by Gasteiger charge is -2.18. The highest BCUT2D eigenvalue weighted by Crippen LogP contribution is 2.26. The number of carbonyl (C=O) groups is 1. The molecule has 3 nitrogen and oxygen atoms in total. The summed E-state index contributed by atoms with van der Waals surface area (Å²) in [5.74, 6) is -1.82. The smallest absolute Gasteiger partial charge is 0.169 e. The fourth-order valence-corrected chi connectivity index (χ4v) is 1.50. The normalized spacial score (nSPS) is 10.3. The van der Waals surface area contributed by atoms with Gasteiger partial charge in [-0.05, 0) is 18.7 Å². The molecule has 0 heterocycles. The zero-order valence-corrected chi connectivity index (χ0v) is 9.26. The van der Waals surface area contributed by atoms with Gasteiger partial charge < -0.3 is 10.6 Å². The van der Waals surface area contributed by atoms with E-state index in [0.29, 0.717) is 0 Å². The van der Waals surface area contributed by atoms with Gasteiger partial charge >= 0.3 is 0 Å². The Bertz CT molecular complexity index is 405. The van der Waals surface area contributed by atoms with Crippen LogP contribution < -0.4 is 10.6 Å². The van der Waals surface area contributed by atoms with E-state index in [1.807, 2.05) is 0 Å². The average molecular weight is 228 g/mol. The summed E-state index contributed by atoms with van der Waals surface area (Å²) in [6.07, 6.45) is 0.00120. The van der Waals surface area contributed by atoms with Crippen LogP contribution in [0.5, 0.6) is 0 Å². The molecule has 0 aromatic heterocycles. The van der Waals surface area contributed by atoms with E-state index < -0.39 is 17.4 Å². The summed E-state index contributed by atoms with van der Waals surface area (Å²) in [6, 6.07) is 1.95. The number of benzene rings is 1. The highest BCUT2D eigenvalue weighted by atomic mass is 19.1. The molecule has 1 rings (SSSR count). The number of nitrogens with two attached hydrogens (primary N) is 1. The van der Waals surface area contributed by atoms with Crippen molar-refractivity contribution in [1.29, 1.82) is 0 Å². The van der Waals surface area contributed by atoms with Crippen molar-refractivity contribution in [1.82, 2.24) is 0 Å². The number of nitrogens with zero attached hydrogens (tertiary/aromatic N) is 1. The van der Waals surface area contributed by atoms with Crippen LogP contribution in [0.1, 0.15) is 16.8 Å². The third kappa shape index (κ3) is 2.36. The largest absolute Gasteiger partial charge is 0.375 e. The van der Waals surface area contributed by atoms with Crippen molar-refractivity contribution in [3.05, 3.63) is 29.3 Å². The molecule has 2 N–H and O–H groups in total. The van der Waals surface area contributed by atoms with Crippen LogP contribution in [0.15, 0.2) is 12.1 Å². The maximum atomic E-state index is 13.5. The number of anilines is 1. The van der Waals surface area contributed by atoms with Gasteiger partial charge in [-0.2, -0.15) is 0 Å². The topological polar surface area (TPSA) is 46.3 Å². The molecule has 0 spiro atoms. The molecule has 5 heteroatoms. The summed E-state index contributed by atoms with van der Waals surface area (Å²) in [5, 5.41) is 0. The first-order chi connectivity index (χ1) is 7.49. The number of rotatable bonds is 4. The van der Waals surface area contributed by atoms with Crippen molar-refractivity contribution in [2.45, 2.75) is 6.42 Å². The minimum atomic E-state index is -0.719. The molecule has 0 aliphatic heterocycles. The molecule has 0 aliphatic rings. The molecule has 0 amide bonds. The minimum absolute atomic E-state index is 0.00120. The second-order valence-corrected chi connectivity index (χ2v) is 3.61. The zero-order valence-electron chi connectivity index (χ0n) is 9.26. The first-order valence-corrected chi connectivity index (χ1v) is 4.87. The van der Waals surface area contributed by atoms with Gasteiger partial charge in [0.25, 0.3) is 0 Å². The highest BCUT2D eigenvalue weighted by Gasteiger charge is 2.20. The molecule has 0 atom stereocenters. The Kier molecular flexibility index (Phi) is 3.95.